The van der Waals surface area contributed by atoms with E-state index in [4.69, 9.17) is 4.98 Å². The Morgan fingerprint density at radius 2 is 2.19 bits per heavy atom. The van der Waals surface area contributed by atoms with E-state index in [1.54, 1.807) is 22.8 Å². The minimum atomic E-state index is -0.713. The molecule has 0 radical (unpaired) electrons. The monoisotopic (exact) mass is 463 g/mol. The molecule has 1 N–H and O–H groups in total. The second-order valence-corrected chi connectivity index (χ2v) is 10.2. The van der Waals surface area contributed by atoms with Crippen LogP contribution in [0, 0.1) is 17.6 Å². The number of nitrogens with one attached hydrogen (secondary N) is 1. The van der Waals surface area contributed by atoms with Gasteiger partial charge in [-0.3, -0.25) is 14.2 Å². The molecule has 1 aromatic carbocycles. The SMILES string of the molecule is CCn1c(SC(C)C(=O)Nc2cc(F)ccc2F)nc2sc3c(c2c1=O)CCC(C)C3. The third-order valence-corrected chi connectivity index (χ3v) is 7.77. The Labute approximate surface area is 186 Å². The zero-order chi connectivity index (χ0) is 22.3. The highest BCUT2D eigenvalue weighted by molar-refractivity contribution is 8.00. The molecule has 0 saturated heterocycles. The van der Waals surface area contributed by atoms with Crippen LogP contribution < -0.4 is 10.9 Å². The number of hydrogen-bond acceptors (Lipinski definition) is 5. The Morgan fingerprint density at radius 3 is 2.94 bits per heavy atom. The van der Waals surface area contributed by atoms with Gasteiger partial charge in [-0.2, -0.15) is 0 Å². The number of thioether (sulfide) groups is 1. The molecule has 2 aromatic heterocycles. The van der Waals surface area contributed by atoms with Crippen LogP contribution in [0.4, 0.5) is 14.5 Å². The van der Waals surface area contributed by atoms with Crippen molar-refractivity contribution in [2.75, 3.05) is 5.32 Å². The molecule has 0 spiro atoms. The van der Waals surface area contributed by atoms with E-state index < -0.39 is 22.8 Å². The van der Waals surface area contributed by atoms with E-state index in [2.05, 4.69) is 12.2 Å². The number of aromatic nitrogens is 2. The maximum Gasteiger partial charge on any atom is 0.263 e. The van der Waals surface area contributed by atoms with Crippen molar-refractivity contribution in [3.63, 3.8) is 0 Å². The fraction of sp³-hybridized carbons (Fsp3) is 0.409. The summed E-state index contributed by atoms with van der Waals surface area (Å²) in [6, 6.07) is 2.89. The van der Waals surface area contributed by atoms with Crippen LogP contribution in [0.15, 0.2) is 28.2 Å². The van der Waals surface area contributed by atoms with Crippen LogP contribution >= 0.6 is 23.1 Å². The van der Waals surface area contributed by atoms with Crippen LogP contribution in [0.1, 0.15) is 37.6 Å². The first-order valence-electron chi connectivity index (χ1n) is 10.3. The van der Waals surface area contributed by atoms with Gasteiger partial charge in [-0.05, 0) is 56.7 Å². The summed E-state index contributed by atoms with van der Waals surface area (Å²) in [5.74, 6) is -1.25. The highest BCUT2D eigenvalue weighted by atomic mass is 32.2. The molecule has 3 aromatic rings. The quantitative estimate of drug-likeness (QED) is 0.427. The highest BCUT2D eigenvalue weighted by Gasteiger charge is 2.26. The zero-order valence-corrected chi connectivity index (χ0v) is 19.1. The Kier molecular flexibility index (Phi) is 6.16. The predicted octanol–water partition coefficient (Wildman–Crippen LogP) is 5.00. The van der Waals surface area contributed by atoms with Gasteiger partial charge in [0.05, 0.1) is 16.3 Å². The predicted molar refractivity (Wildman–Crippen MR) is 121 cm³/mol. The third kappa shape index (κ3) is 4.25. The fourth-order valence-corrected chi connectivity index (χ4v) is 6.21. The topological polar surface area (TPSA) is 64.0 Å². The Bertz CT molecular complexity index is 1220. The van der Waals surface area contributed by atoms with Crippen molar-refractivity contribution >= 4 is 44.9 Å². The molecule has 31 heavy (non-hydrogen) atoms. The second kappa shape index (κ2) is 8.70. The van der Waals surface area contributed by atoms with Gasteiger partial charge in [0, 0.05) is 17.5 Å². The summed E-state index contributed by atoms with van der Waals surface area (Å²) in [4.78, 5) is 32.5. The maximum atomic E-state index is 13.9. The number of carbonyl (C=O) groups excluding carboxylic acids is 1. The summed E-state index contributed by atoms with van der Waals surface area (Å²) in [7, 11) is 0. The summed E-state index contributed by atoms with van der Waals surface area (Å²) in [5, 5.41) is 2.91. The number of carbonyl (C=O) groups is 1. The minimum absolute atomic E-state index is 0.0779. The van der Waals surface area contributed by atoms with Gasteiger partial charge in [-0.1, -0.05) is 18.7 Å². The lowest BCUT2D eigenvalue weighted by molar-refractivity contribution is -0.115. The fourth-order valence-electron chi connectivity index (χ4n) is 3.81. The lowest BCUT2D eigenvalue weighted by atomic mass is 9.89. The number of benzene rings is 1. The van der Waals surface area contributed by atoms with Crippen molar-refractivity contribution in [1.29, 1.82) is 0 Å². The molecular formula is C22H23F2N3O2S2. The smallest absolute Gasteiger partial charge is 0.263 e. The summed E-state index contributed by atoms with van der Waals surface area (Å²) in [5.41, 5.74) is 0.835. The van der Waals surface area contributed by atoms with Gasteiger partial charge >= 0.3 is 0 Å². The van der Waals surface area contributed by atoms with Gasteiger partial charge in [-0.25, -0.2) is 13.8 Å². The number of nitrogens with zero attached hydrogens (tertiary/aromatic N) is 2. The van der Waals surface area contributed by atoms with Gasteiger partial charge in [0.2, 0.25) is 5.91 Å². The first-order chi connectivity index (χ1) is 14.8. The van der Waals surface area contributed by atoms with E-state index >= 15 is 0 Å². The number of rotatable bonds is 5. The summed E-state index contributed by atoms with van der Waals surface area (Å²) in [6.07, 6.45) is 2.92. The molecule has 164 valence electrons. The Morgan fingerprint density at radius 1 is 1.42 bits per heavy atom. The highest BCUT2D eigenvalue weighted by Crippen LogP contribution is 2.37. The third-order valence-electron chi connectivity index (χ3n) is 5.53. The van der Waals surface area contributed by atoms with E-state index in [0.29, 0.717) is 27.8 Å². The molecular weight excluding hydrogens is 440 g/mol. The number of amides is 1. The van der Waals surface area contributed by atoms with E-state index in [1.807, 2.05) is 6.92 Å². The maximum absolute atomic E-state index is 13.9. The average Bonchev–Trinajstić information content (AvgIpc) is 3.08. The first kappa shape index (κ1) is 22.0. The minimum Gasteiger partial charge on any atom is -0.323 e. The standard InChI is InChI=1S/C22H23F2N3O2S2/c1-4-27-21(29)18-14-7-5-11(2)9-17(14)31-20(18)26-22(27)30-12(3)19(28)25-16-10-13(23)6-8-15(16)24/h6,8,10-12H,4-5,7,9H2,1-3H3,(H,25,28). The molecule has 5 nitrogen and oxygen atoms in total. The summed E-state index contributed by atoms with van der Waals surface area (Å²) < 4.78 is 28.8. The lowest BCUT2D eigenvalue weighted by Crippen LogP contribution is -2.27. The van der Waals surface area contributed by atoms with Gasteiger partial charge in [0.25, 0.3) is 5.56 Å². The molecule has 9 heteroatoms. The molecule has 2 unspecified atom stereocenters. The number of aryl methyl sites for hydroxylation is 1. The van der Waals surface area contributed by atoms with E-state index in [1.165, 1.54) is 4.88 Å². The molecule has 0 bridgehead atoms. The van der Waals surface area contributed by atoms with Crippen LogP contribution in [0.3, 0.4) is 0 Å². The van der Waals surface area contributed by atoms with Gasteiger partial charge in [0.15, 0.2) is 5.16 Å². The molecule has 0 fully saturated rings. The van der Waals surface area contributed by atoms with Crippen molar-refractivity contribution in [1.82, 2.24) is 9.55 Å². The number of thiophene rings is 1. The lowest BCUT2D eigenvalue weighted by Gasteiger charge is -2.18. The molecule has 2 heterocycles. The number of anilines is 1. The molecule has 0 aliphatic heterocycles. The molecule has 2 atom stereocenters. The largest absolute Gasteiger partial charge is 0.323 e. The van der Waals surface area contributed by atoms with Crippen molar-refractivity contribution in [2.24, 2.45) is 5.92 Å². The average molecular weight is 464 g/mol. The second-order valence-electron chi connectivity index (χ2n) is 7.85. The molecule has 1 aliphatic carbocycles. The van der Waals surface area contributed by atoms with Crippen molar-refractivity contribution in [3.05, 3.63) is 50.6 Å². The van der Waals surface area contributed by atoms with E-state index in [-0.39, 0.29) is 11.2 Å². The van der Waals surface area contributed by atoms with Gasteiger partial charge in [0.1, 0.15) is 16.5 Å². The Balaban J connectivity index is 1.63. The molecule has 0 saturated carbocycles. The Hall–Kier alpha value is -2.26. The van der Waals surface area contributed by atoms with Crippen LogP contribution in [-0.4, -0.2) is 20.7 Å². The van der Waals surface area contributed by atoms with E-state index in [0.717, 1.165) is 54.8 Å². The summed E-state index contributed by atoms with van der Waals surface area (Å²) >= 11 is 2.70. The summed E-state index contributed by atoms with van der Waals surface area (Å²) in [6.45, 7) is 6.16. The molecule has 1 amide bonds. The molecule has 1 aliphatic rings. The number of fused-ring (bicyclic) bond motifs is 3. The first-order valence-corrected chi connectivity index (χ1v) is 12.0. The van der Waals surface area contributed by atoms with E-state index in [9.17, 15) is 18.4 Å². The zero-order valence-electron chi connectivity index (χ0n) is 17.5. The van der Waals surface area contributed by atoms with Crippen LogP contribution in [0.5, 0.6) is 0 Å². The van der Waals surface area contributed by atoms with Crippen molar-refractivity contribution < 1.29 is 13.6 Å². The molecule has 4 rings (SSSR count). The van der Waals surface area contributed by atoms with Gasteiger partial charge in [-0.15, -0.1) is 11.3 Å². The van der Waals surface area contributed by atoms with Gasteiger partial charge < -0.3 is 5.32 Å². The van der Waals surface area contributed by atoms with Crippen LogP contribution in [0.2, 0.25) is 0 Å². The number of hydrogen-bond donors (Lipinski definition) is 1. The normalized spacial score (nSPS) is 16.9. The van der Waals surface area contributed by atoms with Crippen LogP contribution in [-0.2, 0) is 24.2 Å². The van der Waals surface area contributed by atoms with Crippen molar-refractivity contribution in [3.8, 4) is 0 Å². The number of halogens is 2. The van der Waals surface area contributed by atoms with Crippen molar-refractivity contribution in [2.45, 2.75) is 57.0 Å². The van der Waals surface area contributed by atoms with Crippen LogP contribution in [0.25, 0.3) is 10.2 Å².